The number of carbonyl (C=O) groups excluding carboxylic acids is 1. The smallest absolute Gasteiger partial charge is 0.359 e. The predicted molar refractivity (Wildman–Crippen MR) is 101 cm³/mol. The lowest BCUT2D eigenvalue weighted by atomic mass is 10.1. The molecule has 8 heteroatoms. The Morgan fingerprint density at radius 3 is 2.81 bits per heavy atom. The third-order valence-electron chi connectivity index (χ3n) is 4.31. The number of aromatic nitrogens is 2. The van der Waals surface area contributed by atoms with Gasteiger partial charge in [-0.3, -0.25) is 0 Å². The van der Waals surface area contributed by atoms with Gasteiger partial charge in [-0.2, -0.15) is 5.10 Å². The number of nitrogens with zero attached hydrogens (tertiary/aromatic N) is 2. The molecule has 0 radical (unpaired) electrons. The van der Waals surface area contributed by atoms with Gasteiger partial charge in [0, 0.05) is 43.9 Å². The molecule has 0 saturated carbocycles. The second-order valence-corrected chi connectivity index (χ2v) is 6.12. The van der Waals surface area contributed by atoms with Crippen molar-refractivity contribution in [3.05, 3.63) is 47.8 Å². The van der Waals surface area contributed by atoms with E-state index in [1.54, 1.807) is 11.6 Å². The molecule has 0 spiro atoms. The van der Waals surface area contributed by atoms with E-state index in [4.69, 9.17) is 4.74 Å². The van der Waals surface area contributed by atoms with Crippen LogP contribution in [-0.2, 0) is 11.3 Å². The number of para-hydroxylation sites is 1. The van der Waals surface area contributed by atoms with Gasteiger partial charge in [0.1, 0.15) is 0 Å². The zero-order valence-electron chi connectivity index (χ0n) is 14.7. The van der Waals surface area contributed by atoms with E-state index >= 15 is 0 Å². The molecule has 3 rings (SSSR count). The summed E-state index contributed by atoms with van der Waals surface area (Å²) in [4.78, 5) is 12.2. The topological polar surface area (TPSA) is 88.4 Å². The van der Waals surface area contributed by atoms with Gasteiger partial charge in [-0.25, -0.2) is 9.48 Å². The Morgan fingerprint density at radius 1 is 1.38 bits per heavy atom. The van der Waals surface area contributed by atoms with E-state index in [-0.39, 0.29) is 24.4 Å². The number of carbonyl (C=O) groups is 1. The Hall–Kier alpha value is -1.93. The number of halogens is 1. The van der Waals surface area contributed by atoms with Crippen LogP contribution in [0.3, 0.4) is 0 Å². The lowest BCUT2D eigenvalue weighted by Crippen LogP contribution is -2.30. The van der Waals surface area contributed by atoms with E-state index in [9.17, 15) is 9.90 Å². The number of esters is 1. The molecule has 1 aliphatic heterocycles. The molecule has 2 aromatic rings. The van der Waals surface area contributed by atoms with E-state index in [2.05, 4.69) is 15.7 Å². The van der Waals surface area contributed by atoms with Gasteiger partial charge < -0.3 is 20.5 Å². The highest BCUT2D eigenvalue weighted by Crippen LogP contribution is 2.14. The van der Waals surface area contributed by atoms with Crippen LogP contribution in [0.1, 0.15) is 23.0 Å². The zero-order valence-corrected chi connectivity index (χ0v) is 15.5. The van der Waals surface area contributed by atoms with Gasteiger partial charge in [0.05, 0.1) is 18.4 Å². The summed E-state index contributed by atoms with van der Waals surface area (Å²) in [5.74, 6) is -0.244. The molecule has 2 unspecified atom stereocenters. The standard InChI is InChI=1S/C18H24N4O3.ClH/c1-2-25-18(24)17-14(10-19-8-13-9-20-11-16(13)23)12-22(21-17)15-6-4-3-5-7-15;/h3-7,12-13,16,19-20,23H,2,8-11H2,1H3;1H. The maximum Gasteiger partial charge on any atom is 0.359 e. The number of aliphatic hydroxyl groups is 1. The third-order valence-corrected chi connectivity index (χ3v) is 4.31. The molecule has 0 bridgehead atoms. The van der Waals surface area contributed by atoms with Gasteiger partial charge in [-0.1, -0.05) is 18.2 Å². The summed E-state index contributed by atoms with van der Waals surface area (Å²) in [5.41, 5.74) is 1.99. The molecule has 1 aliphatic rings. The molecule has 2 atom stereocenters. The molecule has 0 aliphatic carbocycles. The van der Waals surface area contributed by atoms with Crippen molar-refractivity contribution in [3.8, 4) is 5.69 Å². The maximum absolute atomic E-state index is 12.2. The number of hydrogen-bond acceptors (Lipinski definition) is 6. The van der Waals surface area contributed by atoms with E-state index in [1.165, 1.54) is 0 Å². The Labute approximate surface area is 159 Å². The Bertz CT molecular complexity index is 708. The maximum atomic E-state index is 12.2. The fourth-order valence-corrected chi connectivity index (χ4v) is 2.94. The number of ether oxygens (including phenoxy) is 1. The lowest BCUT2D eigenvalue weighted by molar-refractivity contribution is 0.0517. The number of β-amino-alcohol motifs (C(OH)–C–C–N with tert-alkyl or cyclic N) is 1. The predicted octanol–water partition coefficient (Wildman–Crippen LogP) is 1.14. The van der Waals surface area contributed by atoms with Crippen LogP contribution in [0.2, 0.25) is 0 Å². The van der Waals surface area contributed by atoms with E-state index < -0.39 is 5.97 Å². The van der Waals surface area contributed by atoms with Crippen LogP contribution < -0.4 is 10.6 Å². The Kier molecular flexibility index (Phi) is 7.59. The van der Waals surface area contributed by atoms with Crippen LogP contribution in [-0.4, -0.2) is 53.2 Å². The lowest BCUT2D eigenvalue weighted by Gasteiger charge is -2.13. The van der Waals surface area contributed by atoms with Gasteiger partial charge >= 0.3 is 5.97 Å². The van der Waals surface area contributed by atoms with Crippen molar-refractivity contribution in [1.29, 1.82) is 0 Å². The number of hydrogen-bond donors (Lipinski definition) is 3. The molecule has 26 heavy (non-hydrogen) atoms. The summed E-state index contributed by atoms with van der Waals surface area (Å²) in [6, 6.07) is 9.64. The summed E-state index contributed by atoms with van der Waals surface area (Å²) in [7, 11) is 0. The van der Waals surface area contributed by atoms with Crippen LogP contribution in [0, 0.1) is 5.92 Å². The number of rotatable bonds is 7. The minimum Gasteiger partial charge on any atom is -0.461 e. The summed E-state index contributed by atoms with van der Waals surface area (Å²) < 4.78 is 6.81. The monoisotopic (exact) mass is 380 g/mol. The van der Waals surface area contributed by atoms with E-state index in [0.29, 0.717) is 31.9 Å². The van der Waals surface area contributed by atoms with Gasteiger partial charge in [-0.05, 0) is 19.1 Å². The Balaban J connectivity index is 0.00000243. The fourth-order valence-electron chi connectivity index (χ4n) is 2.94. The summed E-state index contributed by atoms with van der Waals surface area (Å²) >= 11 is 0. The molecule has 0 amide bonds. The quantitative estimate of drug-likeness (QED) is 0.624. The fraction of sp³-hybridized carbons (Fsp3) is 0.444. The molecule has 142 valence electrons. The molecule has 2 heterocycles. The largest absolute Gasteiger partial charge is 0.461 e. The molecule has 7 nitrogen and oxygen atoms in total. The molecule has 1 fully saturated rings. The summed E-state index contributed by atoms with van der Waals surface area (Å²) in [6.07, 6.45) is 1.52. The van der Waals surface area contributed by atoms with E-state index in [1.807, 2.05) is 36.5 Å². The molecule has 1 saturated heterocycles. The van der Waals surface area contributed by atoms with Crippen LogP contribution in [0.4, 0.5) is 0 Å². The van der Waals surface area contributed by atoms with Crippen molar-refractivity contribution in [2.45, 2.75) is 19.6 Å². The summed E-state index contributed by atoms with van der Waals surface area (Å²) in [5, 5.41) is 20.7. The Morgan fingerprint density at radius 2 is 2.15 bits per heavy atom. The first-order chi connectivity index (χ1) is 12.2. The van der Waals surface area contributed by atoms with Crippen LogP contribution in [0.15, 0.2) is 36.5 Å². The van der Waals surface area contributed by atoms with Crippen LogP contribution in [0.25, 0.3) is 5.69 Å². The van der Waals surface area contributed by atoms with Crippen molar-refractivity contribution in [2.24, 2.45) is 5.92 Å². The zero-order chi connectivity index (χ0) is 17.6. The second kappa shape index (κ2) is 9.68. The first-order valence-electron chi connectivity index (χ1n) is 8.59. The molecule has 3 N–H and O–H groups in total. The van der Waals surface area contributed by atoms with Gasteiger partial charge in [0.2, 0.25) is 0 Å². The van der Waals surface area contributed by atoms with Gasteiger partial charge in [-0.15, -0.1) is 12.4 Å². The van der Waals surface area contributed by atoms with Gasteiger partial charge in [0.25, 0.3) is 0 Å². The first-order valence-corrected chi connectivity index (χ1v) is 8.59. The van der Waals surface area contributed by atoms with Crippen molar-refractivity contribution in [1.82, 2.24) is 20.4 Å². The number of aliphatic hydroxyl groups excluding tert-OH is 1. The molecule has 1 aromatic heterocycles. The average molecular weight is 381 g/mol. The highest BCUT2D eigenvalue weighted by molar-refractivity contribution is 5.88. The minimum absolute atomic E-state index is 0. The number of nitrogens with one attached hydrogen (secondary N) is 2. The van der Waals surface area contributed by atoms with Crippen molar-refractivity contribution < 1.29 is 14.6 Å². The van der Waals surface area contributed by atoms with Crippen molar-refractivity contribution in [3.63, 3.8) is 0 Å². The third kappa shape index (κ3) is 4.82. The average Bonchev–Trinajstić information content (AvgIpc) is 3.23. The molecular formula is C18H25ClN4O3. The molecular weight excluding hydrogens is 356 g/mol. The highest BCUT2D eigenvalue weighted by Gasteiger charge is 2.25. The van der Waals surface area contributed by atoms with Crippen molar-refractivity contribution in [2.75, 3.05) is 26.2 Å². The van der Waals surface area contributed by atoms with Crippen molar-refractivity contribution >= 4 is 18.4 Å². The van der Waals surface area contributed by atoms with Crippen LogP contribution in [0.5, 0.6) is 0 Å². The van der Waals surface area contributed by atoms with Gasteiger partial charge in [0.15, 0.2) is 5.69 Å². The summed E-state index contributed by atoms with van der Waals surface area (Å²) in [6.45, 7) is 4.67. The van der Waals surface area contributed by atoms with E-state index in [0.717, 1.165) is 17.8 Å². The minimum atomic E-state index is -0.420. The van der Waals surface area contributed by atoms with Crippen LogP contribution >= 0.6 is 12.4 Å². The normalized spacial score (nSPS) is 19.2. The first kappa shape index (κ1) is 20.4. The SMILES string of the molecule is CCOC(=O)c1nn(-c2ccccc2)cc1CNCC1CNCC1O.Cl. The number of benzene rings is 1. The second-order valence-electron chi connectivity index (χ2n) is 6.12. The molecule has 1 aromatic carbocycles. The highest BCUT2D eigenvalue weighted by atomic mass is 35.5.